The zero-order valence-corrected chi connectivity index (χ0v) is 13.9. The van der Waals surface area contributed by atoms with Crippen molar-refractivity contribution in [1.29, 1.82) is 0 Å². The van der Waals surface area contributed by atoms with E-state index < -0.39 is 6.10 Å². The predicted molar refractivity (Wildman–Crippen MR) is 86.7 cm³/mol. The summed E-state index contributed by atoms with van der Waals surface area (Å²) in [7, 11) is 3.41. The second-order valence-electron chi connectivity index (χ2n) is 5.72. The van der Waals surface area contributed by atoms with Crippen LogP contribution in [0.5, 0.6) is 6.01 Å². The van der Waals surface area contributed by atoms with Crippen molar-refractivity contribution in [2.45, 2.75) is 18.9 Å². The molecule has 2 unspecified atom stereocenters. The first-order chi connectivity index (χ1) is 11.1. The largest absolute Gasteiger partial charge is 0.467 e. The minimum absolute atomic E-state index is 0.0712. The van der Waals surface area contributed by atoms with Gasteiger partial charge in [0.05, 0.1) is 13.3 Å². The van der Waals surface area contributed by atoms with Gasteiger partial charge < -0.3 is 19.3 Å². The number of ether oxygens (including phenoxy) is 1. The molecule has 3 heterocycles. The fourth-order valence-corrected chi connectivity index (χ4v) is 3.21. The van der Waals surface area contributed by atoms with E-state index in [-0.39, 0.29) is 11.9 Å². The third-order valence-corrected chi connectivity index (χ3v) is 4.48. The summed E-state index contributed by atoms with van der Waals surface area (Å²) in [5.41, 5.74) is 0. The van der Waals surface area contributed by atoms with Crippen molar-refractivity contribution < 1.29 is 9.84 Å². The second kappa shape index (κ2) is 6.72. The Bertz CT molecular complexity index is 678. The Morgan fingerprint density at radius 1 is 1.43 bits per heavy atom. The summed E-state index contributed by atoms with van der Waals surface area (Å²) in [5.74, 6) is 1.40. The highest BCUT2D eigenvalue weighted by atomic mass is 35.5. The number of imidazole rings is 1. The van der Waals surface area contributed by atoms with Gasteiger partial charge in [0.15, 0.2) is 5.82 Å². The van der Waals surface area contributed by atoms with Gasteiger partial charge in [-0.1, -0.05) is 11.6 Å². The van der Waals surface area contributed by atoms with Crippen molar-refractivity contribution in [3.63, 3.8) is 0 Å². The van der Waals surface area contributed by atoms with Gasteiger partial charge in [0, 0.05) is 38.4 Å². The molecular weight excluding hydrogens is 318 g/mol. The molecule has 3 rings (SSSR count). The minimum Gasteiger partial charge on any atom is -0.467 e. The molecule has 8 heteroatoms. The average molecular weight is 338 g/mol. The first-order valence-electron chi connectivity index (χ1n) is 7.57. The van der Waals surface area contributed by atoms with Gasteiger partial charge in [-0.05, 0) is 12.8 Å². The second-order valence-corrected chi connectivity index (χ2v) is 6.12. The number of rotatable bonds is 4. The molecule has 1 fully saturated rings. The van der Waals surface area contributed by atoms with Crippen molar-refractivity contribution in [3.05, 3.63) is 29.4 Å². The molecule has 0 spiro atoms. The molecule has 1 aliphatic heterocycles. The zero-order valence-electron chi connectivity index (χ0n) is 13.2. The molecule has 7 nitrogen and oxygen atoms in total. The number of aliphatic hydroxyl groups is 1. The van der Waals surface area contributed by atoms with Crippen LogP contribution in [0, 0.1) is 5.92 Å². The van der Waals surface area contributed by atoms with Crippen LogP contribution in [0.15, 0.2) is 18.6 Å². The van der Waals surface area contributed by atoms with Gasteiger partial charge in [0.1, 0.15) is 17.0 Å². The number of aliphatic hydroxyl groups excluding tert-OH is 1. The topological polar surface area (TPSA) is 76.3 Å². The van der Waals surface area contributed by atoms with E-state index in [1.54, 1.807) is 12.4 Å². The fourth-order valence-electron chi connectivity index (χ4n) is 3.00. The molecule has 1 aliphatic rings. The molecule has 124 valence electrons. The summed E-state index contributed by atoms with van der Waals surface area (Å²) < 4.78 is 6.93. The van der Waals surface area contributed by atoms with Crippen LogP contribution in [-0.4, -0.2) is 44.8 Å². The Balaban J connectivity index is 1.80. The number of aryl methyl sites for hydroxylation is 1. The van der Waals surface area contributed by atoms with Crippen molar-refractivity contribution in [2.75, 3.05) is 25.1 Å². The van der Waals surface area contributed by atoms with E-state index in [2.05, 4.69) is 19.9 Å². The number of anilines is 1. The number of aromatic nitrogens is 4. The first kappa shape index (κ1) is 16.0. The average Bonchev–Trinajstić information content (AvgIpc) is 3.01. The molecule has 0 aromatic carbocycles. The SMILES string of the molecule is COc1ncc(Cl)c(N2CCCC(C(O)c3nccn3C)C2)n1. The molecule has 1 N–H and O–H groups in total. The van der Waals surface area contributed by atoms with Crippen LogP contribution < -0.4 is 9.64 Å². The van der Waals surface area contributed by atoms with Gasteiger partial charge in [-0.3, -0.25) is 0 Å². The lowest BCUT2D eigenvalue weighted by Gasteiger charge is -2.35. The Morgan fingerprint density at radius 2 is 2.26 bits per heavy atom. The van der Waals surface area contributed by atoms with Gasteiger partial charge in [0.2, 0.25) is 0 Å². The monoisotopic (exact) mass is 337 g/mol. The summed E-state index contributed by atoms with van der Waals surface area (Å²) in [6.45, 7) is 1.50. The number of hydrogen-bond acceptors (Lipinski definition) is 6. The van der Waals surface area contributed by atoms with E-state index >= 15 is 0 Å². The molecule has 23 heavy (non-hydrogen) atoms. The van der Waals surface area contributed by atoms with Crippen LogP contribution in [0.25, 0.3) is 0 Å². The van der Waals surface area contributed by atoms with E-state index in [9.17, 15) is 5.11 Å². The van der Waals surface area contributed by atoms with Crippen molar-refractivity contribution in [3.8, 4) is 6.01 Å². The van der Waals surface area contributed by atoms with E-state index in [1.807, 2.05) is 17.8 Å². The minimum atomic E-state index is -0.611. The Labute approximate surface area is 139 Å². The van der Waals surface area contributed by atoms with E-state index in [0.29, 0.717) is 23.2 Å². The Hall–Kier alpha value is -1.86. The van der Waals surface area contributed by atoms with Crippen LogP contribution in [-0.2, 0) is 7.05 Å². The molecule has 2 aromatic heterocycles. The molecule has 0 radical (unpaired) electrons. The summed E-state index contributed by atoms with van der Waals surface area (Å²) >= 11 is 6.24. The maximum atomic E-state index is 10.6. The number of methoxy groups -OCH3 is 1. The number of halogens is 1. The van der Waals surface area contributed by atoms with Crippen LogP contribution in [0.3, 0.4) is 0 Å². The number of hydrogen-bond donors (Lipinski definition) is 1. The van der Waals surface area contributed by atoms with Crippen LogP contribution in [0.2, 0.25) is 5.02 Å². The third-order valence-electron chi connectivity index (χ3n) is 4.21. The molecule has 0 bridgehead atoms. The van der Waals surface area contributed by atoms with Gasteiger partial charge in [-0.2, -0.15) is 4.98 Å². The summed E-state index contributed by atoms with van der Waals surface area (Å²) in [4.78, 5) is 14.7. The van der Waals surface area contributed by atoms with Crippen molar-refractivity contribution >= 4 is 17.4 Å². The van der Waals surface area contributed by atoms with Gasteiger partial charge in [-0.25, -0.2) is 9.97 Å². The smallest absolute Gasteiger partial charge is 0.318 e. The molecule has 0 saturated carbocycles. The van der Waals surface area contributed by atoms with E-state index in [4.69, 9.17) is 16.3 Å². The number of nitrogens with zero attached hydrogens (tertiary/aromatic N) is 5. The lowest BCUT2D eigenvalue weighted by Crippen LogP contribution is -2.39. The first-order valence-corrected chi connectivity index (χ1v) is 7.94. The summed E-state index contributed by atoms with van der Waals surface area (Å²) in [5, 5.41) is 11.1. The lowest BCUT2D eigenvalue weighted by molar-refractivity contribution is 0.0873. The highest BCUT2D eigenvalue weighted by Crippen LogP contribution is 2.33. The Morgan fingerprint density at radius 3 is 2.96 bits per heavy atom. The summed E-state index contributed by atoms with van der Waals surface area (Å²) in [6.07, 6.45) is 6.36. The van der Waals surface area contributed by atoms with Crippen molar-refractivity contribution in [1.82, 2.24) is 19.5 Å². The highest BCUT2D eigenvalue weighted by Gasteiger charge is 2.30. The van der Waals surface area contributed by atoms with Crippen LogP contribution >= 0.6 is 11.6 Å². The predicted octanol–water partition coefficient (Wildman–Crippen LogP) is 1.82. The van der Waals surface area contributed by atoms with Crippen molar-refractivity contribution in [2.24, 2.45) is 13.0 Å². The molecule has 1 saturated heterocycles. The standard InChI is InChI=1S/C15H20ClN5O2/c1-20-7-5-17-14(20)12(22)10-4-3-6-21(9-10)13-11(16)8-18-15(19-13)23-2/h5,7-8,10,12,22H,3-4,6,9H2,1-2H3. The van der Waals surface area contributed by atoms with Crippen LogP contribution in [0.1, 0.15) is 24.8 Å². The van der Waals surface area contributed by atoms with Gasteiger partial charge >= 0.3 is 6.01 Å². The summed E-state index contributed by atoms with van der Waals surface area (Å²) in [6, 6.07) is 0.288. The maximum absolute atomic E-state index is 10.6. The Kier molecular flexibility index (Phi) is 4.68. The molecule has 0 aliphatic carbocycles. The van der Waals surface area contributed by atoms with E-state index in [0.717, 1.165) is 19.4 Å². The molecule has 2 atom stereocenters. The maximum Gasteiger partial charge on any atom is 0.318 e. The highest BCUT2D eigenvalue weighted by molar-refractivity contribution is 6.32. The molecular formula is C15H20ClN5O2. The lowest BCUT2D eigenvalue weighted by atomic mass is 9.92. The van der Waals surface area contributed by atoms with Crippen LogP contribution in [0.4, 0.5) is 5.82 Å². The normalized spacial score (nSPS) is 19.7. The molecule has 0 amide bonds. The molecule has 2 aromatic rings. The number of piperidine rings is 1. The van der Waals surface area contributed by atoms with Gasteiger partial charge in [-0.15, -0.1) is 0 Å². The fraction of sp³-hybridized carbons (Fsp3) is 0.533. The van der Waals surface area contributed by atoms with Gasteiger partial charge in [0.25, 0.3) is 0 Å². The third kappa shape index (κ3) is 3.25. The zero-order chi connectivity index (χ0) is 16.4. The van der Waals surface area contributed by atoms with E-state index in [1.165, 1.54) is 7.11 Å². The quantitative estimate of drug-likeness (QED) is 0.917.